The number of ether oxygens (including phenoxy) is 2. The van der Waals surface area contributed by atoms with Crippen LogP contribution in [0.4, 0.5) is 5.69 Å². The van der Waals surface area contributed by atoms with Gasteiger partial charge in [0, 0.05) is 18.3 Å². The molecule has 0 atom stereocenters. The number of nitrogens with one attached hydrogen (secondary N) is 1. The van der Waals surface area contributed by atoms with Crippen LogP contribution in [-0.4, -0.2) is 22.6 Å². The minimum Gasteiger partial charge on any atom is -0.497 e. The third kappa shape index (κ3) is 3.69. The Morgan fingerprint density at radius 1 is 1.09 bits per heavy atom. The van der Waals surface area contributed by atoms with E-state index in [4.69, 9.17) is 15.2 Å². The summed E-state index contributed by atoms with van der Waals surface area (Å²) in [5, 5.41) is 0. The van der Waals surface area contributed by atoms with E-state index < -0.39 is 10.0 Å². The van der Waals surface area contributed by atoms with Crippen molar-refractivity contribution in [2.24, 2.45) is 0 Å². The molecule has 0 spiro atoms. The van der Waals surface area contributed by atoms with E-state index in [1.165, 1.54) is 20.3 Å². The SMILES string of the molecule is COc1ccc(OC)c(S(=O)(=O)NCc2cccc(N)c2)c1. The summed E-state index contributed by atoms with van der Waals surface area (Å²) in [6, 6.07) is 11.6. The zero-order valence-electron chi connectivity index (χ0n) is 12.4. The van der Waals surface area contributed by atoms with Crippen molar-refractivity contribution in [3.63, 3.8) is 0 Å². The highest BCUT2D eigenvalue weighted by Crippen LogP contribution is 2.28. The van der Waals surface area contributed by atoms with Gasteiger partial charge < -0.3 is 15.2 Å². The van der Waals surface area contributed by atoms with Crippen LogP contribution in [0.5, 0.6) is 11.5 Å². The standard InChI is InChI=1S/C15H18N2O4S/c1-20-13-6-7-14(21-2)15(9-13)22(18,19)17-10-11-4-3-5-12(16)8-11/h3-9,17H,10,16H2,1-2H3. The molecule has 2 aromatic carbocycles. The largest absolute Gasteiger partial charge is 0.497 e. The first-order valence-corrected chi connectivity index (χ1v) is 8.00. The lowest BCUT2D eigenvalue weighted by molar-refractivity contribution is 0.392. The molecule has 6 nitrogen and oxygen atoms in total. The number of hydrogen-bond acceptors (Lipinski definition) is 5. The average Bonchev–Trinajstić information content (AvgIpc) is 2.52. The second kappa shape index (κ2) is 6.67. The quantitative estimate of drug-likeness (QED) is 0.791. The summed E-state index contributed by atoms with van der Waals surface area (Å²) in [6.45, 7) is 0.133. The number of rotatable bonds is 6. The summed E-state index contributed by atoms with van der Waals surface area (Å²) in [5.41, 5.74) is 7.03. The maximum Gasteiger partial charge on any atom is 0.244 e. The monoisotopic (exact) mass is 322 g/mol. The third-order valence-corrected chi connectivity index (χ3v) is 4.50. The molecule has 0 saturated heterocycles. The number of methoxy groups -OCH3 is 2. The summed E-state index contributed by atoms with van der Waals surface area (Å²) in [5.74, 6) is 0.686. The Morgan fingerprint density at radius 2 is 1.86 bits per heavy atom. The Labute approximate surface area is 129 Å². The molecule has 0 aliphatic heterocycles. The molecule has 3 N–H and O–H groups in total. The molecular weight excluding hydrogens is 304 g/mol. The first-order valence-electron chi connectivity index (χ1n) is 6.52. The molecule has 0 aliphatic carbocycles. The molecule has 0 saturated carbocycles. The molecule has 2 aromatic rings. The first-order chi connectivity index (χ1) is 10.5. The van der Waals surface area contributed by atoms with Gasteiger partial charge in [0.15, 0.2) is 0 Å². The molecule has 0 amide bonds. The second-order valence-electron chi connectivity index (χ2n) is 4.59. The Morgan fingerprint density at radius 3 is 2.50 bits per heavy atom. The molecule has 0 fully saturated rings. The predicted molar refractivity (Wildman–Crippen MR) is 84.4 cm³/mol. The lowest BCUT2D eigenvalue weighted by Gasteiger charge is -2.12. The molecule has 0 aliphatic rings. The Hall–Kier alpha value is -2.25. The highest BCUT2D eigenvalue weighted by Gasteiger charge is 2.20. The fraction of sp³-hybridized carbons (Fsp3) is 0.200. The lowest BCUT2D eigenvalue weighted by atomic mass is 10.2. The lowest BCUT2D eigenvalue weighted by Crippen LogP contribution is -2.23. The third-order valence-electron chi connectivity index (χ3n) is 3.08. The normalized spacial score (nSPS) is 11.2. The van der Waals surface area contributed by atoms with Gasteiger partial charge in [-0.15, -0.1) is 0 Å². The summed E-state index contributed by atoms with van der Waals surface area (Å²) >= 11 is 0. The van der Waals surface area contributed by atoms with E-state index in [2.05, 4.69) is 4.72 Å². The van der Waals surface area contributed by atoms with E-state index in [0.717, 1.165) is 5.56 Å². The predicted octanol–water partition coefficient (Wildman–Crippen LogP) is 1.76. The maximum absolute atomic E-state index is 12.5. The van der Waals surface area contributed by atoms with Gasteiger partial charge in [-0.1, -0.05) is 12.1 Å². The Balaban J connectivity index is 2.26. The van der Waals surface area contributed by atoms with Crippen molar-refractivity contribution in [1.82, 2.24) is 4.72 Å². The van der Waals surface area contributed by atoms with Gasteiger partial charge in [0.1, 0.15) is 16.4 Å². The highest BCUT2D eigenvalue weighted by atomic mass is 32.2. The van der Waals surface area contributed by atoms with Crippen molar-refractivity contribution in [2.45, 2.75) is 11.4 Å². The first kappa shape index (κ1) is 16.1. The van der Waals surface area contributed by atoms with Crippen molar-refractivity contribution >= 4 is 15.7 Å². The van der Waals surface area contributed by atoms with Crippen LogP contribution in [0.15, 0.2) is 47.4 Å². The van der Waals surface area contributed by atoms with Crippen LogP contribution >= 0.6 is 0 Å². The van der Waals surface area contributed by atoms with E-state index in [1.54, 1.807) is 36.4 Å². The zero-order valence-corrected chi connectivity index (χ0v) is 13.2. The molecule has 0 heterocycles. The molecule has 0 unspecified atom stereocenters. The van der Waals surface area contributed by atoms with Gasteiger partial charge >= 0.3 is 0 Å². The molecule has 22 heavy (non-hydrogen) atoms. The van der Waals surface area contributed by atoms with Gasteiger partial charge in [0.2, 0.25) is 10.0 Å². The summed E-state index contributed by atoms with van der Waals surface area (Å²) < 4.78 is 37.6. The van der Waals surface area contributed by atoms with Crippen molar-refractivity contribution < 1.29 is 17.9 Å². The summed E-state index contributed by atoms with van der Waals surface area (Å²) in [7, 11) is -0.856. The van der Waals surface area contributed by atoms with Crippen LogP contribution in [0.25, 0.3) is 0 Å². The summed E-state index contributed by atoms with van der Waals surface area (Å²) in [6.07, 6.45) is 0. The van der Waals surface area contributed by atoms with Gasteiger partial charge in [-0.25, -0.2) is 13.1 Å². The van der Waals surface area contributed by atoms with Crippen molar-refractivity contribution in [1.29, 1.82) is 0 Å². The van der Waals surface area contributed by atoms with Crippen LogP contribution < -0.4 is 19.9 Å². The fourth-order valence-electron chi connectivity index (χ4n) is 1.95. The van der Waals surface area contributed by atoms with Gasteiger partial charge in [-0.05, 0) is 29.8 Å². The van der Waals surface area contributed by atoms with Gasteiger partial charge in [0.25, 0.3) is 0 Å². The number of benzene rings is 2. The minimum absolute atomic E-state index is 0.0262. The Kier molecular flexibility index (Phi) is 4.89. The number of sulfonamides is 1. The van der Waals surface area contributed by atoms with Gasteiger partial charge in [-0.2, -0.15) is 0 Å². The molecule has 118 valence electrons. The van der Waals surface area contributed by atoms with Crippen LogP contribution in [-0.2, 0) is 16.6 Å². The molecule has 0 bridgehead atoms. The molecule has 2 rings (SSSR count). The zero-order chi connectivity index (χ0) is 16.2. The van der Waals surface area contributed by atoms with E-state index in [1.807, 2.05) is 0 Å². The number of nitrogens with two attached hydrogens (primary N) is 1. The molecular formula is C15H18N2O4S. The molecule has 0 aromatic heterocycles. The molecule has 0 radical (unpaired) electrons. The van der Waals surface area contributed by atoms with E-state index in [9.17, 15) is 8.42 Å². The average molecular weight is 322 g/mol. The fourth-order valence-corrected chi connectivity index (χ4v) is 3.15. The van der Waals surface area contributed by atoms with E-state index in [0.29, 0.717) is 11.4 Å². The highest BCUT2D eigenvalue weighted by molar-refractivity contribution is 7.89. The summed E-state index contributed by atoms with van der Waals surface area (Å²) in [4.78, 5) is 0.0262. The van der Waals surface area contributed by atoms with Crippen LogP contribution in [0, 0.1) is 0 Å². The van der Waals surface area contributed by atoms with Crippen molar-refractivity contribution in [3.05, 3.63) is 48.0 Å². The Bertz CT molecular complexity index is 760. The smallest absolute Gasteiger partial charge is 0.244 e. The minimum atomic E-state index is -3.74. The molecule has 7 heteroatoms. The van der Waals surface area contributed by atoms with Crippen molar-refractivity contribution in [2.75, 3.05) is 20.0 Å². The van der Waals surface area contributed by atoms with Crippen LogP contribution in [0.2, 0.25) is 0 Å². The van der Waals surface area contributed by atoms with Crippen molar-refractivity contribution in [3.8, 4) is 11.5 Å². The number of nitrogen functional groups attached to an aromatic ring is 1. The number of hydrogen-bond donors (Lipinski definition) is 2. The van der Waals surface area contributed by atoms with Crippen LogP contribution in [0.1, 0.15) is 5.56 Å². The van der Waals surface area contributed by atoms with E-state index >= 15 is 0 Å². The van der Waals surface area contributed by atoms with Gasteiger partial charge in [-0.3, -0.25) is 0 Å². The van der Waals surface area contributed by atoms with Crippen LogP contribution in [0.3, 0.4) is 0 Å². The van der Waals surface area contributed by atoms with Gasteiger partial charge in [0.05, 0.1) is 14.2 Å². The van der Waals surface area contributed by atoms with E-state index in [-0.39, 0.29) is 17.2 Å². The topological polar surface area (TPSA) is 90.6 Å². The number of anilines is 1. The maximum atomic E-state index is 12.5. The second-order valence-corrected chi connectivity index (χ2v) is 6.32.